The van der Waals surface area contributed by atoms with Gasteiger partial charge in [0.25, 0.3) is 0 Å². The highest BCUT2D eigenvalue weighted by atomic mass is 32.1. The number of thiazole rings is 1. The Labute approximate surface area is 132 Å². The standard InChI is InChI=1S/C17H25N3S/c1-4-6-12-20(15-10-8-7-9-11-15)17-19-14(3)16(21-17)13-18-5-2/h7-11,18H,4-6,12-13H2,1-3H3. The Balaban J connectivity index is 2.24. The number of benzene rings is 1. The molecule has 4 heteroatoms. The van der Waals surface area contributed by atoms with E-state index in [0.717, 1.165) is 30.5 Å². The van der Waals surface area contributed by atoms with Gasteiger partial charge in [0.2, 0.25) is 0 Å². The van der Waals surface area contributed by atoms with Gasteiger partial charge in [0.15, 0.2) is 5.13 Å². The molecule has 0 amide bonds. The minimum absolute atomic E-state index is 0.913. The first kappa shape index (κ1) is 16.0. The number of para-hydroxylation sites is 1. The van der Waals surface area contributed by atoms with E-state index in [1.54, 1.807) is 11.3 Å². The Morgan fingerprint density at radius 3 is 2.62 bits per heavy atom. The summed E-state index contributed by atoms with van der Waals surface area (Å²) in [7, 11) is 0. The third-order valence-electron chi connectivity index (χ3n) is 3.45. The van der Waals surface area contributed by atoms with E-state index in [9.17, 15) is 0 Å². The minimum Gasteiger partial charge on any atom is -0.318 e. The van der Waals surface area contributed by atoms with Crippen molar-refractivity contribution in [3.8, 4) is 0 Å². The first-order valence-electron chi connectivity index (χ1n) is 7.75. The van der Waals surface area contributed by atoms with E-state index in [2.05, 4.69) is 61.3 Å². The van der Waals surface area contributed by atoms with Gasteiger partial charge in [0, 0.05) is 23.7 Å². The number of rotatable bonds is 8. The normalized spacial score (nSPS) is 10.8. The molecule has 1 heterocycles. The van der Waals surface area contributed by atoms with Gasteiger partial charge in [-0.3, -0.25) is 0 Å². The van der Waals surface area contributed by atoms with Crippen LogP contribution < -0.4 is 10.2 Å². The molecule has 0 aliphatic carbocycles. The van der Waals surface area contributed by atoms with Crippen molar-refractivity contribution in [2.24, 2.45) is 0 Å². The predicted molar refractivity (Wildman–Crippen MR) is 92.6 cm³/mol. The molecule has 0 aliphatic heterocycles. The van der Waals surface area contributed by atoms with Crippen LogP contribution in [-0.4, -0.2) is 18.1 Å². The number of nitrogens with zero attached hydrogens (tertiary/aromatic N) is 2. The number of nitrogens with one attached hydrogen (secondary N) is 1. The van der Waals surface area contributed by atoms with E-state index in [-0.39, 0.29) is 0 Å². The van der Waals surface area contributed by atoms with Crippen LogP contribution in [0.1, 0.15) is 37.3 Å². The Bertz CT molecular complexity index is 536. The monoisotopic (exact) mass is 303 g/mol. The van der Waals surface area contributed by atoms with E-state index in [4.69, 9.17) is 4.98 Å². The summed E-state index contributed by atoms with van der Waals surface area (Å²) in [5, 5.41) is 4.50. The van der Waals surface area contributed by atoms with Crippen LogP contribution in [0.15, 0.2) is 30.3 Å². The van der Waals surface area contributed by atoms with Gasteiger partial charge in [0.1, 0.15) is 0 Å². The maximum atomic E-state index is 4.80. The SMILES string of the molecule is CCCCN(c1ccccc1)c1nc(C)c(CNCC)s1. The summed E-state index contributed by atoms with van der Waals surface area (Å²) in [4.78, 5) is 8.48. The molecule has 0 fully saturated rings. The van der Waals surface area contributed by atoms with E-state index >= 15 is 0 Å². The fourth-order valence-electron chi connectivity index (χ4n) is 2.19. The zero-order valence-electron chi connectivity index (χ0n) is 13.2. The van der Waals surface area contributed by atoms with Gasteiger partial charge < -0.3 is 10.2 Å². The van der Waals surface area contributed by atoms with Gasteiger partial charge in [0.05, 0.1) is 5.69 Å². The van der Waals surface area contributed by atoms with E-state index in [1.165, 1.54) is 23.4 Å². The summed E-state index contributed by atoms with van der Waals surface area (Å²) in [5.74, 6) is 0. The van der Waals surface area contributed by atoms with Gasteiger partial charge in [-0.15, -0.1) is 0 Å². The summed E-state index contributed by atoms with van der Waals surface area (Å²) >= 11 is 1.81. The molecule has 3 nitrogen and oxygen atoms in total. The molecule has 0 bridgehead atoms. The van der Waals surface area contributed by atoms with Crippen LogP contribution >= 0.6 is 11.3 Å². The molecule has 2 aromatic rings. The first-order chi connectivity index (χ1) is 10.3. The third kappa shape index (κ3) is 4.29. The van der Waals surface area contributed by atoms with Crippen LogP contribution in [0.25, 0.3) is 0 Å². The smallest absolute Gasteiger partial charge is 0.190 e. The van der Waals surface area contributed by atoms with Crippen molar-refractivity contribution in [1.29, 1.82) is 0 Å². The van der Waals surface area contributed by atoms with Gasteiger partial charge >= 0.3 is 0 Å². The van der Waals surface area contributed by atoms with Crippen molar-refractivity contribution in [2.75, 3.05) is 18.0 Å². The van der Waals surface area contributed by atoms with Gasteiger partial charge in [-0.1, -0.05) is 49.8 Å². The lowest BCUT2D eigenvalue weighted by molar-refractivity contribution is 0.731. The summed E-state index contributed by atoms with van der Waals surface area (Å²) in [6.45, 7) is 9.40. The van der Waals surface area contributed by atoms with Gasteiger partial charge in [-0.2, -0.15) is 0 Å². The number of hydrogen-bond donors (Lipinski definition) is 1. The van der Waals surface area contributed by atoms with Crippen LogP contribution in [0.4, 0.5) is 10.8 Å². The quantitative estimate of drug-likeness (QED) is 0.778. The van der Waals surface area contributed by atoms with Crippen molar-refractivity contribution in [2.45, 2.75) is 40.2 Å². The lowest BCUT2D eigenvalue weighted by atomic mass is 10.2. The number of anilines is 2. The average molecular weight is 303 g/mol. The Morgan fingerprint density at radius 1 is 1.19 bits per heavy atom. The summed E-state index contributed by atoms with van der Waals surface area (Å²) in [5.41, 5.74) is 2.38. The second-order valence-electron chi connectivity index (χ2n) is 5.13. The van der Waals surface area contributed by atoms with E-state index in [1.807, 2.05) is 0 Å². The lowest BCUT2D eigenvalue weighted by Crippen LogP contribution is -2.18. The number of aryl methyl sites for hydroxylation is 1. The highest BCUT2D eigenvalue weighted by Gasteiger charge is 2.15. The molecular weight excluding hydrogens is 278 g/mol. The molecule has 1 N–H and O–H groups in total. The average Bonchev–Trinajstić information content (AvgIpc) is 2.87. The van der Waals surface area contributed by atoms with E-state index in [0.29, 0.717) is 0 Å². The molecule has 0 aliphatic rings. The molecule has 2 rings (SSSR count). The number of aromatic nitrogens is 1. The molecule has 1 aromatic carbocycles. The molecule has 1 aromatic heterocycles. The lowest BCUT2D eigenvalue weighted by Gasteiger charge is -2.21. The second kappa shape index (κ2) is 8.15. The van der Waals surface area contributed by atoms with Crippen molar-refractivity contribution >= 4 is 22.2 Å². The van der Waals surface area contributed by atoms with Crippen molar-refractivity contribution in [3.05, 3.63) is 40.9 Å². The summed E-state index contributed by atoms with van der Waals surface area (Å²) in [6.07, 6.45) is 2.37. The summed E-state index contributed by atoms with van der Waals surface area (Å²) < 4.78 is 0. The largest absolute Gasteiger partial charge is 0.318 e. The van der Waals surface area contributed by atoms with Crippen LogP contribution in [0.3, 0.4) is 0 Å². The Hall–Kier alpha value is -1.39. The Morgan fingerprint density at radius 2 is 1.95 bits per heavy atom. The maximum Gasteiger partial charge on any atom is 0.190 e. The van der Waals surface area contributed by atoms with Gasteiger partial charge in [-0.05, 0) is 32.0 Å². The van der Waals surface area contributed by atoms with Crippen LogP contribution in [0.2, 0.25) is 0 Å². The molecule has 114 valence electrons. The second-order valence-corrected chi connectivity index (χ2v) is 6.19. The van der Waals surface area contributed by atoms with Crippen molar-refractivity contribution < 1.29 is 0 Å². The third-order valence-corrected chi connectivity index (χ3v) is 4.63. The molecule has 0 spiro atoms. The summed E-state index contributed by atoms with van der Waals surface area (Å²) in [6, 6.07) is 10.6. The zero-order valence-corrected chi connectivity index (χ0v) is 14.0. The van der Waals surface area contributed by atoms with Crippen molar-refractivity contribution in [1.82, 2.24) is 10.3 Å². The van der Waals surface area contributed by atoms with Crippen LogP contribution in [0, 0.1) is 6.92 Å². The molecular formula is C17H25N3S. The highest BCUT2D eigenvalue weighted by molar-refractivity contribution is 7.15. The Kier molecular flexibility index (Phi) is 6.21. The molecule has 0 atom stereocenters. The van der Waals surface area contributed by atoms with Crippen LogP contribution in [-0.2, 0) is 6.54 Å². The molecule has 0 unspecified atom stereocenters. The fraction of sp³-hybridized carbons (Fsp3) is 0.471. The number of unbranched alkanes of at least 4 members (excludes halogenated alkanes) is 1. The predicted octanol–water partition coefficient (Wildman–Crippen LogP) is 4.50. The maximum absolute atomic E-state index is 4.80. The minimum atomic E-state index is 0.913. The fourth-order valence-corrected chi connectivity index (χ4v) is 3.27. The topological polar surface area (TPSA) is 28.2 Å². The first-order valence-corrected chi connectivity index (χ1v) is 8.57. The molecule has 0 saturated heterocycles. The molecule has 0 saturated carbocycles. The highest BCUT2D eigenvalue weighted by Crippen LogP contribution is 2.31. The zero-order chi connectivity index (χ0) is 15.1. The molecule has 0 radical (unpaired) electrons. The number of hydrogen-bond acceptors (Lipinski definition) is 4. The van der Waals surface area contributed by atoms with E-state index < -0.39 is 0 Å². The molecule has 21 heavy (non-hydrogen) atoms. The van der Waals surface area contributed by atoms with Gasteiger partial charge in [-0.25, -0.2) is 4.98 Å². The van der Waals surface area contributed by atoms with Crippen molar-refractivity contribution in [3.63, 3.8) is 0 Å². The van der Waals surface area contributed by atoms with Crippen LogP contribution in [0.5, 0.6) is 0 Å².